The molecular weight excluding hydrogens is 325 g/mol. The molecule has 1 N–H and O–H groups in total. The molecule has 24 heavy (non-hydrogen) atoms. The van der Waals surface area contributed by atoms with Gasteiger partial charge in [0.2, 0.25) is 0 Å². The zero-order valence-electron chi connectivity index (χ0n) is 14.7. The van der Waals surface area contributed by atoms with Crippen molar-refractivity contribution in [1.29, 1.82) is 0 Å². The van der Waals surface area contributed by atoms with Crippen molar-refractivity contribution in [3.8, 4) is 11.5 Å². The van der Waals surface area contributed by atoms with Crippen molar-refractivity contribution in [3.05, 3.63) is 59.4 Å². The monoisotopic (exact) mass is 349 g/mol. The highest BCUT2D eigenvalue weighted by molar-refractivity contribution is 7.90. The highest BCUT2D eigenvalue weighted by atomic mass is 32.2. The maximum atomic E-state index is 13.3. The molecule has 0 radical (unpaired) electrons. The molecule has 0 aliphatic carbocycles. The zero-order valence-corrected chi connectivity index (χ0v) is 15.5. The van der Waals surface area contributed by atoms with Crippen molar-refractivity contribution in [2.45, 2.75) is 45.4 Å². The SMILES string of the molecule is Cc1cc(Oc2ccc(C(C)N[S@@+]([O-])C(C)(C)C)cc2)ccc1F. The lowest BCUT2D eigenvalue weighted by atomic mass is 10.1. The molecule has 0 saturated heterocycles. The first-order chi connectivity index (χ1) is 11.2. The number of hydrogen-bond donors (Lipinski definition) is 1. The third kappa shape index (κ3) is 4.97. The van der Waals surface area contributed by atoms with Gasteiger partial charge in [-0.25, -0.2) is 4.39 Å². The summed E-state index contributed by atoms with van der Waals surface area (Å²) in [5.41, 5.74) is 1.57. The van der Waals surface area contributed by atoms with Crippen LogP contribution >= 0.6 is 0 Å². The first kappa shape index (κ1) is 18.8. The Kier molecular flexibility index (Phi) is 5.91. The number of aryl methyl sites for hydroxylation is 1. The lowest BCUT2D eigenvalue weighted by molar-refractivity contribution is 0.479. The van der Waals surface area contributed by atoms with E-state index in [-0.39, 0.29) is 16.6 Å². The van der Waals surface area contributed by atoms with E-state index in [1.165, 1.54) is 6.07 Å². The Morgan fingerprint density at radius 2 is 1.67 bits per heavy atom. The Morgan fingerprint density at radius 3 is 2.21 bits per heavy atom. The number of rotatable bonds is 5. The fourth-order valence-corrected chi connectivity index (χ4v) is 2.86. The molecule has 5 heteroatoms. The van der Waals surface area contributed by atoms with Gasteiger partial charge in [-0.2, -0.15) is 0 Å². The van der Waals surface area contributed by atoms with Crippen LogP contribution in [0.5, 0.6) is 11.5 Å². The Balaban J connectivity index is 2.03. The van der Waals surface area contributed by atoms with E-state index < -0.39 is 11.4 Å². The minimum atomic E-state index is -1.13. The maximum absolute atomic E-state index is 13.3. The molecule has 0 saturated carbocycles. The van der Waals surface area contributed by atoms with Crippen LogP contribution in [0, 0.1) is 12.7 Å². The van der Waals surface area contributed by atoms with Gasteiger partial charge in [0.1, 0.15) is 22.1 Å². The van der Waals surface area contributed by atoms with Crippen LogP contribution in [0.15, 0.2) is 42.5 Å². The van der Waals surface area contributed by atoms with Crippen LogP contribution in [-0.4, -0.2) is 9.30 Å². The average Bonchev–Trinajstić information content (AvgIpc) is 2.50. The molecule has 130 valence electrons. The first-order valence-corrected chi connectivity index (χ1v) is 9.04. The first-order valence-electron chi connectivity index (χ1n) is 7.89. The minimum Gasteiger partial charge on any atom is -0.598 e. The van der Waals surface area contributed by atoms with Crippen LogP contribution < -0.4 is 9.46 Å². The smallest absolute Gasteiger partial charge is 0.136 e. The van der Waals surface area contributed by atoms with E-state index in [1.807, 2.05) is 52.0 Å². The summed E-state index contributed by atoms with van der Waals surface area (Å²) >= 11 is -1.13. The quantitative estimate of drug-likeness (QED) is 0.769. The molecular formula is C19H24FNO2S. The second-order valence-electron chi connectivity index (χ2n) is 6.80. The highest BCUT2D eigenvalue weighted by Crippen LogP contribution is 2.26. The van der Waals surface area contributed by atoms with E-state index in [4.69, 9.17) is 4.74 Å². The van der Waals surface area contributed by atoms with Gasteiger partial charge in [0.05, 0.1) is 6.04 Å². The van der Waals surface area contributed by atoms with Gasteiger partial charge >= 0.3 is 0 Å². The Bertz CT molecular complexity index is 683. The lowest BCUT2D eigenvalue weighted by Gasteiger charge is -2.26. The van der Waals surface area contributed by atoms with Gasteiger partial charge in [0.15, 0.2) is 0 Å². The van der Waals surface area contributed by atoms with Crippen molar-refractivity contribution in [1.82, 2.24) is 4.72 Å². The number of benzene rings is 2. The number of nitrogens with one attached hydrogen (secondary N) is 1. The third-order valence-electron chi connectivity index (χ3n) is 3.59. The number of hydrogen-bond acceptors (Lipinski definition) is 3. The molecule has 2 rings (SSSR count). The van der Waals surface area contributed by atoms with Crippen LogP contribution in [0.4, 0.5) is 4.39 Å². The predicted octanol–water partition coefficient (Wildman–Crippen LogP) is 5.04. The van der Waals surface area contributed by atoms with Crippen molar-refractivity contribution in [3.63, 3.8) is 0 Å². The van der Waals surface area contributed by atoms with Crippen LogP contribution in [0.25, 0.3) is 0 Å². The molecule has 0 aliphatic heterocycles. The molecule has 0 amide bonds. The van der Waals surface area contributed by atoms with Crippen molar-refractivity contribution in [2.24, 2.45) is 0 Å². The van der Waals surface area contributed by atoms with Crippen molar-refractivity contribution in [2.75, 3.05) is 0 Å². The normalized spacial score (nSPS) is 14.3. The van der Waals surface area contributed by atoms with E-state index >= 15 is 0 Å². The van der Waals surface area contributed by atoms with Gasteiger partial charge in [-0.3, -0.25) is 0 Å². The average molecular weight is 349 g/mol. The topological polar surface area (TPSA) is 44.3 Å². The minimum absolute atomic E-state index is 0.0350. The van der Waals surface area contributed by atoms with Gasteiger partial charge < -0.3 is 9.29 Å². The lowest BCUT2D eigenvalue weighted by Crippen LogP contribution is -2.40. The van der Waals surface area contributed by atoms with E-state index in [1.54, 1.807) is 19.1 Å². The summed E-state index contributed by atoms with van der Waals surface area (Å²) in [6.07, 6.45) is 0. The number of halogens is 1. The van der Waals surface area contributed by atoms with Crippen LogP contribution in [0.3, 0.4) is 0 Å². The van der Waals surface area contributed by atoms with Crippen molar-refractivity contribution >= 4 is 11.4 Å². The molecule has 0 aliphatic rings. The fraction of sp³-hybridized carbons (Fsp3) is 0.368. The van der Waals surface area contributed by atoms with E-state index in [2.05, 4.69) is 4.72 Å². The molecule has 0 heterocycles. The molecule has 1 unspecified atom stereocenters. The van der Waals surface area contributed by atoms with Crippen molar-refractivity contribution < 1.29 is 13.7 Å². The Labute approximate surface area is 146 Å². The van der Waals surface area contributed by atoms with E-state index in [9.17, 15) is 8.94 Å². The fourth-order valence-electron chi connectivity index (χ4n) is 2.05. The molecule has 2 aromatic carbocycles. The van der Waals surface area contributed by atoms with Crippen LogP contribution in [0.1, 0.15) is 44.9 Å². The molecule has 0 bridgehead atoms. The summed E-state index contributed by atoms with van der Waals surface area (Å²) in [4.78, 5) is 0. The molecule has 0 aromatic heterocycles. The zero-order chi connectivity index (χ0) is 17.9. The standard InChI is InChI=1S/C19H24FNO2S/c1-13-12-17(10-11-18(13)20)23-16-8-6-15(7-9-16)14(2)21-24(22)19(3,4)5/h6-12,14,21H,1-5H3/t14?,24-/m0/s1. The second kappa shape index (κ2) is 7.55. The van der Waals surface area contributed by atoms with E-state index in [0.29, 0.717) is 17.1 Å². The predicted molar refractivity (Wildman–Crippen MR) is 97.1 cm³/mol. The summed E-state index contributed by atoms with van der Waals surface area (Å²) in [6, 6.07) is 12.2. The van der Waals surface area contributed by atoms with E-state index in [0.717, 1.165) is 5.56 Å². The molecule has 2 aromatic rings. The van der Waals surface area contributed by atoms with Gasteiger partial charge in [0.25, 0.3) is 0 Å². The van der Waals surface area contributed by atoms with Gasteiger partial charge in [-0.05, 0) is 76.1 Å². The maximum Gasteiger partial charge on any atom is 0.136 e. The summed E-state index contributed by atoms with van der Waals surface area (Å²) < 4.78 is 34.0. The van der Waals surface area contributed by atoms with Crippen LogP contribution in [0.2, 0.25) is 0 Å². The van der Waals surface area contributed by atoms with Crippen LogP contribution in [-0.2, 0) is 11.4 Å². The van der Waals surface area contributed by atoms with Gasteiger partial charge in [-0.15, -0.1) is 4.72 Å². The van der Waals surface area contributed by atoms with Gasteiger partial charge in [0, 0.05) is 11.4 Å². The molecule has 2 atom stereocenters. The number of ether oxygens (including phenoxy) is 1. The summed E-state index contributed by atoms with van der Waals surface area (Å²) in [5.74, 6) is 1.03. The van der Waals surface area contributed by atoms with Gasteiger partial charge in [-0.1, -0.05) is 12.1 Å². The molecule has 0 fully saturated rings. The Morgan fingerprint density at radius 1 is 1.08 bits per heavy atom. The summed E-state index contributed by atoms with van der Waals surface area (Å²) in [5, 5.41) is 0. The third-order valence-corrected chi connectivity index (χ3v) is 5.27. The summed E-state index contributed by atoms with van der Waals surface area (Å²) in [6.45, 7) is 9.48. The second-order valence-corrected chi connectivity index (χ2v) is 8.80. The summed E-state index contributed by atoms with van der Waals surface area (Å²) in [7, 11) is 0. The Hall–Kier alpha value is -1.56. The molecule has 3 nitrogen and oxygen atoms in total. The largest absolute Gasteiger partial charge is 0.598 e. The molecule has 0 spiro atoms. The highest BCUT2D eigenvalue weighted by Gasteiger charge is 2.28.